The molecule has 7 rings (SSSR count). The average Bonchev–Trinajstić information content (AvgIpc) is 2.84. The maximum absolute atomic E-state index is 13.0. The third-order valence-corrected chi connectivity index (χ3v) is 6.43. The molecule has 3 aliphatic rings. The molecule has 32 heavy (non-hydrogen) atoms. The van der Waals surface area contributed by atoms with Crippen LogP contribution in [0.25, 0.3) is 21.5 Å². The number of fused-ring (bicyclic) bond motifs is 3. The van der Waals surface area contributed by atoms with Gasteiger partial charge in [0.1, 0.15) is 18.2 Å². The quantitative estimate of drug-likeness (QED) is 0.360. The number of amides is 1. The molecule has 2 aliphatic heterocycles. The smallest absolute Gasteiger partial charge is 0.430 e. The van der Waals surface area contributed by atoms with Crippen LogP contribution < -0.4 is 0 Å². The summed E-state index contributed by atoms with van der Waals surface area (Å²) in [4.78, 5) is 13.0. The zero-order valence-corrected chi connectivity index (χ0v) is 17.7. The van der Waals surface area contributed by atoms with E-state index in [0.717, 1.165) is 43.8 Å². The molecule has 156 valence electrons. The van der Waals surface area contributed by atoms with Crippen LogP contribution in [0.4, 0.5) is 4.79 Å². The Labute approximate surface area is 185 Å². The number of hydrazine groups is 1. The number of carbonyl (C=O) groups is 1. The molecule has 1 amide bonds. The van der Waals surface area contributed by atoms with Gasteiger partial charge >= 0.3 is 6.09 Å². The number of hydrogen-bond donors (Lipinski definition) is 0. The molecule has 4 aromatic carbocycles. The predicted molar refractivity (Wildman–Crippen MR) is 122 cm³/mol. The van der Waals surface area contributed by atoms with Crippen molar-refractivity contribution in [1.82, 2.24) is 10.0 Å². The Hall–Kier alpha value is -4.17. The second kappa shape index (κ2) is 6.93. The summed E-state index contributed by atoms with van der Waals surface area (Å²) >= 11 is 0. The highest BCUT2D eigenvalue weighted by molar-refractivity contribution is 5.89. The number of benzene rings is 4. The van der Waals surface area contributed by atoms with Crippen LogP contribution in [0.15, 0.2) is 72.8 Å². The van der Waals surface area contributed by atoms with Crippen molar-refractivity contribution in [3.05, 3.63) is 95.1 Å². The van der Waals surface area contributed by atoms with E-state index in [2.05, 4.69) is 60.7 Å². The molecule has 0 unspecified atom stereocenters. The zero-order valence-electron chi connectivity index (χ0n) is 17.7. The summed E-state index contributed by atoms with van der Waals surface area (Å²) in [5.74, 6) is 0. The Morgan fingerprint density at radius 2 is 1.19 bits per heavy atom. The molecule has 0 saturated heterocycles. The van der Waals surface area contributed by atoms with Crippen LogP contribution in [0.3, 0.4) is 0 Å². The fraction of sp³-hybridized carbons (Fsp3) is 0.148. The summed E-state index contributed by atoms with van der Waals surface area (Å²) in [5, 5.41) is 7.97. The van der Waals surface area contributed by atoms with Gasteiger partial charge in [0.15, 0.2) is 0 Å². The van der Waals surface area contributed by atoms with E-state index in [1.807, 2.05) is 24.3 Å². The lowest BCUT2D eigenvalue weighted by atomic mass is 9.74. The fourth-order valence-corrected chi connectivity index (χ4v) is 5.11. The maximum atomic E-state index is 13.0. The minimum atomic E-state index is -0.456. The van der Waals surface area contributed by atoms with Gasteiger partial charge in [-0.2, -0.15) is 5.01 Å². The third-order valence-electron chi connectivity index (χ3n) is 6.43. The van der Waals surface area contributed by atoms with Gasteiger partial charge in [-0.1, -0.05) is 48.5 Å². The van der Waals surface area contributed by atoms with Crippen molar-refractivity contribution in [2.24, 2.45) is 0 Å². The Balaban J connectivity index is 1.70. The van der Waals surface area contributed by atoms with Crippen LogP contribution in [0, 0.1) is 12.2 Å². The van der Waals surface area contributed by atoms with Crippen LogP contribution in [-0.4, -0.2) is 30.3 Å². The van der Waals surface area contributed by atoms with Gasteiger partial charge < -0.3 is 9.47 Å². The van der Waals surface area contributed by atoms with E-state index in [9.17, 15) is 4.79 Å². The molecule has 0 aromatic heterocycles. The van der Waals surface area contributed by atoms with Crippen molar-refractivity contribution in [3.8, 4) is 12.2 Å². The van der Waals surface area contributed by atoms with Crippen LogP contribution in [0.2, 0.25) is 0 Å². The molecule has 0 saturated carbocycles. The standard InChI is InChI=1S/C27H20N2O3/c1-31-12-11-28-25-21-13-17-7-3-5-9-19(17)15-23(21)26(29(28)27(30)32-2)24-16-20-10-6-4-8-18(20)14-22(24)25/h3-10,13-16,25-26H,1-2H3. The average molecular weight is 420 g/mol. The maximum Gasteiger partial charge on any atom is 0.430 e. The molecule has 5 nitrogen and oxygen atoms in total. The first-order chi connectivity index (χ1) is 15.7. The SMILES string of the molecule is COC#CN1C2c3cc4ccccc4cc3C(c3cc4ccccc4cc32)N1C(=O)OC. The summed E-state index contributed by atoms with van der Waals surface area (Å²) in [5.41, 5.74) is 4.47. The van der Waals surface area contributed by atoms with Crippen molar-refractivity contribution in [2.75, 3.05) is 14.2 Å². The van der Waals surface area contributed by atoms with Crippen molar-refractivity contribution in [1.29, 1.82) is 0 Å². The molecule has 0 atom stereocenters. The number of hydrogen-bond acceptors (Lipinski definition) is 4. The van der Waals surface area contributed by atoms with Gasteiger partial charge in [0.2, 0.25) is 0 Å². The normalized spacial score (nSPS) is 18.1. The van der Waals surface area contributed by atoms with E-state index in [4.69, 9.17) is 9.47 Å². The van der Waals surface area contributed by atoms with Gasteiger partial charge in [0.25, 0.3) is 0 Å². The van der Waals surface area contributed by atoms with Crippen LogP contribution in [0.5, 0.6) is 0 Å². The van der Waals surface area contributed by atoms with Crippen LogP contribution in [0.1, 0.15) is 34.3 Å². The molecule has 2 heterocycles. The third kappa shape index (κ3) is 2.50. The second-order valence-corrected chi connectivity index (χ2v) is 8.04. The highest BCUT2D eigenvalue weighted by Gasteiger charge is 2.49. The monoisotopic (exact) mass is 420 g/mol. The van der Waals surface area contributed by atoms with Crippen molar-refractivity contribution in [2.45, 2.75) is 12.1 Å². The topological polar surface area (TPSA) is 42.0 Å². The first kappa shape index (κ1) is 18.6. The number of rotatable bonds is 0. The summed E-state index contributed by atoms with van der Waals surface area (Å²) in [6.45, 7) is 0. The van der Waals surface area contributed by atoms with Gasteiger partial charge in [-0.15, -0.1) is 0 Å². The molecule has 1 aliphatic carbocycles. The lowest BCUT2D eigenvalue weighted by molar-refractivity contribution is -0.0360. The van der Waals surface area contributed by atoms with Crippen molar-refractivity contribution >= 4 is 27.6 Å². The van der Waals surface area contributed by atoms with E-state index in [-0.39, 0.29) is 12.1 Å². The lowest BCUT2D eigenvalue weighted by Crippen LogP contribution is -2.55. The van der Waals surface area contributed by atoms with Crippen LogP contribution in [-0.2, 0) is 9.47 Å². The van der Waals surface area contributed by atoms with Gasteiger partial charge in [0, 0.05) is 0 Å². The van der Waals surface area contributed by atoms with E-state index < -0.39 is 6.09 Å². The number of ether oxygens (including phenoxy) is 2. The van der Waals surface area contributed by atoms with Crippen molar-refractivity contribution in [3.63, 3.8) is 0 Å². The Morgan fingerprint density at radius 3 is 1.59 bits per heavy atom. The van der Waals surface area contributed by atoms with E-state index in [1.54, 1.807) is 10.0 Å². The van der Waals surface area contributed by atoms with E-state index in [0.29, 0.717) is 0 Å². The summed E-state index contributed by atoms with van der Waals surface area (Å²) in [7, 11) is 2.91. The molecule has 0 fully saturated rings. The molecule has 2 bridgehead atoms. The van der Waals surface area contributed by atoms with E-state index >= 15 is 0 Å². The van der Waals surface area contributed by atoms with Gasteiger partial charge in [-0.3, -0.25) is 0 Å². The Morgan fingerprint density at radius 1 is 0.750 bits per heavy atom. The number of methoxy groups -OCH3 is 2. The van der Waals surface area contributed by atoms with Gasteiger partial charge in [-0.05, 0) is 68.1 Å². The molecule has 0 spiro atoms. The number of carbonyl (C=O) groups excluding carboxylic acids is 1. The first-order valence-corrected chi connectivity index (χ1v) is 10.5. The predicted octanol–water partition coefficient (Wildman–Crippen LogP) is 5.35. The minimum absolute atomic E-state index is 0.263. The summed E-state index contributed by atoms with van der Waals surface area (Å²) in [6, 6.07) is 27.8. The minimum Gasteiger partial charge on any atom is -0.451 e. The second-order valence-electron chi connectivity index (χ2n) is 8.04. The molecular weight excluding hydrogens is 400 g/mol. The highest BCUT2D eigenvalue weighted by Crippen LogP contribution is 2.54. The molecule has 0 N–H and O–H groups in total. The lowest BCUT2D eigenvalue weighted by Gasteiger charge is -2.52. The van der Waals surface area contributed by atoms with Gasteiger partial charge in [-0.25, -0.2) is 9.80 Å². The van der Waals surface area contributed by atoms with E-state index in [1.165, 1.54) is 14.2 Å². The first-order valence-electron chi connectivity index (χ1n) is 10.5. The Kier molecular flexibility index (Phi) is 4.02. The number of nitrogens with zero attached hydrogens (tertiary/aromatic N) is 2. The fourth-order valence-electron chi connectivity index (χ4n) is 5.11. The summed E-state index contributed by atoms with van der Waals surface area (Å²) < 4.78 is 10.2. The molecule has 4 aromatic rings. The molecule has 5 heteroatoms. The highest BCUT2D eigenvalue weighted by atomic mass is 16.5. The largest absolute Gasteiger partial charge is 0.451 e. The zero-order chi connectivity index (χ0) is 21.8. The molecule has 0 radical (unpaired) electrons. The summed E-state index contributed by atoms with van der Waals surface area (Å²) in [6.07, 6.45) is 2.22. The van der Waals surface area contributed by atoms with Crippen molar-refractivity contribution < 1.29 is 14.3 Å². The molecular formula is C27H20N2O3. The Bertz CT molecular complexity index is 1380. The van der Waals surface area contributed by atoms with Crippen LogP contribution >= 0.6 is 0 Å². The van der Waals surface area contributed by atoms with Gasteiger partial charge in [0.05, 0.1) is 20.3 Å².